The maximum Gasteiger partial charge on any atom is 0.411 e. The highest BCUT2D eigenvalue weighted by atomic mass is 79.9. The van der Waals surface area contributed by atoms with Gasteiger partial charge < -0.3 is 56.8 Å². The third kappa shape index (κ3) is 33.7. The zero-order chi connectivity index (χ0) is 96.5. The summed E-state index contributed by atoms with van der Waals surface area (Å²) in [6.07, 6.45) is -2.31. The van der Waals surface area contributed by atoms with E-state index in [2.05, 4.69) is 127 Å². The highest BCUT2D eigenvalue weighted by Crippen LogP contribution is 2.34. The minimum atomic E-state index is -0.654. The van der Waals surface area contributed by atoms with E-state index in [1.165, 1.54) is 82.6 Å². The van der Waals surface area contributed by atoms with Crippen LogP contribution in [0.3, 0.4) is 0 Å². The number of halogens is 3. The maximum atomic E-state index is 14.0. The first-order chi connectivity index (χ1) is 63.2. The number of nitrogens with one attached hydrogen (secondary N) is 6. The number of rotatable bonds is 25. The SMILES string of the molecule is CCc1cccc(NC(=O)OC)c1COc1ccc(C)cc1C.COC(=O)Nc1cccc(Br)c1COc1ccc(C)cc1C.COC(=O)Nc1cccc(C)c1COc1ccc(C)cc1C.COC(=O)Nc1cccc(Cl)c1COc1ccc(C)cc1C.COC(=O)Nc1cccc(F)c1COc1ccc(C)cc1C.COC(=O)Nc1ccccc1COc1ccc(C)cc1C. The van der Waals surface area contributed by atoms with Gasteiger partial charge in [0.1, 0.15) is 80.0 Å². The Bertz CT molecular complexity index is 5440. The lowest BCUT2D eigenvalue weighted by Crippen LogP contribution is -2.14. The Morgan fingerprint density at radius 1 is 0.273 bits per heavy atom. The molecule has 0 aliphatic heterocycles. The number of benzene rings is 12. The number of carbonyl (C=O) groups is 6. The van der Waals surface area contributed by atoms with E-state index in [9.17, 15) is 33.2 Å². The Balaban J connectivity index is 0.000000216. The summed E-state index contributed by atoms with van der Waals surface area (Å²) in [7, 11) is 7.93. The molecule has 12 rings (SSSR count). The Kier molecular flexibility index (Phi) is 42.6. The Morgan fingerprint density at radius 3 is 0.894 bits per heavy atom. The van der Waals surface area contributed by atoms with Crippen molar-refractivity contribution in [3.8, 4) is 34.5 Å². The number of anilines is 6. The second kappa shape index (κ2) is 53.7. The fourth-order valence-corrected chi connectivity index (χ4v) is 13.8. The molecule has 0 spiro atoms. The van der Waals surface area contributed by atoms with Gasteiger partial charge in [-0.2, -0.15) is 0 Å². The summed E-state index contributed by atoms with van der Waals surface area (Å²) in [6.45, 7) is 30.0. The van der Waals surface area contributed by atoms with Crippen molar-refractivity contribution in [2.45, 2.75) is 143 Å². The number of hydrogen-bond donors (Lipinski definition) is 6. The van der Waals surface area contributed by atoms with Gasteiger partial charge in [0, 0.05) is 42.9 Å². The van der Waals surface area contributed by atoms with E-state index >= 15 is 0 Å². The lowest BCUT2D eigenvalue weighted by molar-refractivity contribution is 0.186. The average Bonchev–Trinajstić information content (AvgIpc) is 0.850. The first-order valence-corrected chi connectivity index (χ1v) is 43.3. The van der Waals surface area contributed by atoms with Crippen molar-refractivity contribution in [2.24, 2.45) is 0 Å². The van der Waals surface area contributed by atoms with Crippen LogP contribution in [-0.4, -0.2) is 79.2 Å². The van der Waals surface area contributed by atoms with Crippen molar-refractivity contribution in [1.29, 1.82) is 0 Å². The number of ether oxygens (including phenoxy) is 12. The molecule has 0 unspecified atom stereocenters. The molecule has 6 amide bonds. The molecule has 24 nitrogen and oxygen atoms in total. The predicted octanol–water partition coefficient (Wildman–Crippen LogP) is 26.8. The minimum absolute atomic E-state index is 0.00982. The van der Waals surface area contributed by atoms with Crippen LogP contribution in [0, 0.1) is 95.8 Å². The standard InChI is InChI=1S/C19H23NO3.C18H21NO3.C17H18BrNO3.C17H18ClNO3.C17H18FNO3.C17H19NO3/c1-5-15-7-6-8-17(20-19(21)22-4)16(15)12-23-18-10-9-13(2)11-14(18)3;1-12-8-9-17(14(3)10-12)22-11-15-13(2)6-5-7-16(15)19-18(20)21-4;3*1-11-7-8-16(12(2)9-11)22-10-13-14(18)5-4-6-15(13)19-17(20)21-3;1-12-8-9-16(13(2)10-12)21-11-14-6-4-5-7-15(14)18-17(19)20-3/h6-11H,5,12H2,1-4H3,(H,20,21);5-10H,11H2,1-4H3,(H,19,20);3*4-9H,10H2,1-3H3,(H,19,20);4-10H,11H2,1-3H3,(H,18,19). The quantitative estimate of drug-likeness (QED) is 0.0290. The molecular weight excluding hydrogens is 1770 g/mol. The number of para-hydroxylation sites is 1. The monoisotopic (exact) mass is 1880 g/mol. The molecule has 0 aromatic heterocycles. The van der Waals surface area contributed by atoms with Gasteiger partial charge >= 0.3 is 36.6 Å². The van der Waals surface area contributed by atoms with Crippen molar-refractivity contribution >= 4 is 98.2 Å². The molecule has 6 N–H and O–H groups in total. The molecule has 0 heterocycles. The molecular formula is C105H117BrClFN6O18. The highest BCUT2D eigenvalue weighted by Gasteiger charge is 2.19. The van der Waals surface area contributed by atoms with Crippen LogP contribution < -0.4 is 60.3 Å². The first kappa shape index (κ1) is 105. The van der Waals surface area contributed by atoms with Crippen LogP contribution in [0.1, 0.15) is 118 Å². The van der Waals surface area contributed by atoms with E-state index in [0.717, 1.165) is 118 Å². The van der Waals surface area contributed by atoms with Crippen LogP contribution in [0.15, 0.2) is 229 Å². The molecule has 132 heavy (non-hydrogen) atoms. The zero-order valence-corrected chi connectivity index (χ0v) is 80.6. The van der Waals surface area contributed by atoms with E-state index in [1.54, 1.807) is 24.3 Å². The molecule has 0 atom stereocenters. The zero-order valence-electron chi connectivity index (χ0n) is 78.3. The van der Waals surface area contributed by atoms with Gasteiger partial charge in [-0.3, -0.25) is 31.9 Å². The molecule has 27 heteroatoms. The molecule has 0 aliphatic rings. The largest absolute Gasteiger partial charge is 0.489 e. The number of amides is 6. The Hall–Kier alpha value is -14.2. The summed E-state index contributed by atoms with van der Waals surface area (Å²) < 4.78 is 77.8. The topological polar surface area (TPSA) is 285 Å². The van der Waals surface area contributed by atoms with Crippen LogP contribution in [0.2, 0.25) is 5.02 Å². The van der Waals surface area contributed by atoms with Gasteiger partial charge in [0.05, 0.1) is 76.8 Å². The summed E-state index contributed by atoms with van der Waals surface area (Å²) in [5.41, 5.74) is 24.0. The fraction of sp³-hybridized carbons (Fsp3) is 0.257. The van der Waals surface area contributed by atoms with Crippen LogP contribution >= 0.6 is 27.5 Å². The molecule has 0 saturated heterocycles. The van der Waals surface area contributed by atoms with Crippen LogP contribution in [-0.2, 0) is 74.5 Å². The normalized spacial score (nSPS) is 10.2. The number of aryl methyl sites for hydroxylation is 14. The van der Waals surface area contributed by atoms with Gasteiger partial charge in [0.15, 0.2) is 0 Å². The van der Waals surface area contributed by atoms with E-state index < -0.39 is 42.4 Å². The summed E-state index contributed by atoms with van der Waals surface area (Å²) in [4.78, 5) is 68.4. The van der Waals surface area contributed by atoms with E-state index in [0.29, 0.717) is 71.2 Å². The lowest BCUT2D eigenvalue weighted by Gasteiger charge is -2.16. The summed E-state index contributed by atoms with van der Waals surface area (Å²) in [5.74, 6) is 4.38. The van der Waals surface area contributed by atoms with Gasteiger partial charge in [-0.15, -0.1) is 0 Å². The number of hydrogen-bond acceptors (Lipinski definition) is 18. The first-order valence-electron chi connectivity index (χ1n) is 42.1. The van der Waals surface area contributed by atoms with Gasteiger partial charge in [0.25, 0.3) is 0 Å². The van der Waals surface area contributed by atoms with Crippen molar-refractivity contribution in [3.63, 3.8) is 0 Å². The van der Waals surface area contributed by atoms with Gasteiger partial charge in [-0.1, -0.05) is 201 Å². The van der Waals surface area contributed by atoms with Crippen LogP contribution in [0.25, 0.3) is 0 Å². The lowest BCUT2D eigenvalue weighted by atomic mass is 10.0. The second-order valence-corrected chi connectivity index (χ2v) is 31.7. The van der Waals surface area contributed by atoms with Crippen molar-refractivity contribution in [1.82, 2.24) is 0 Å². The molecule has 12 aromatic rings. The predicted molar refractivity (Wildman–Crippen MR) is 523 cm³/mol. The summed E-state index contributed by atoms with van der Waals surface area (Å²) >= 11 is 9.71. The fourth-order valence-electron chi connectivity index (χ4n) is 13.1. The van der Waals surface area contributed by atoms with Gasteiger partial charge in [-0.25, -0.2) is 33.2 Å². The van der Waals surface area contributed by atoms with E-state index in [1.807, 2.05) is 234 Å². The van der Waals surface area contributed by atoms with Gasteiger partial charge in [0.2, 0.25) is 0 Å². The minimum Gasteiger partial charge on any atom is -0.489 e. The van der Waals surface area contributed by atoms with Crippen LogP contribution in [0.4, 0.5) is 67.3 Å². The smallest absolute Gasteiger partial charge is 0.411 e. The van der Waals surface area contributed by atoms with Crippen molar-refractivity contribution in [2.75, 3.05) is 74.6 Å². The number of methoxy groups -OCH3 is 6. The summed E-state index contributed by atoms with van der Waals surface area (Å²) in [5, 5.41) is 16.5. The number of carbonyl (C=O) groups excluding carboxylic acids is 6. The van der Waals surface area contributed by atoms with E-state index in [4.69, 9.17) is 40.0 Å². The molecule has 696 valence electrons. The van der Waals surface area contributed by atoms with Crippen molar-refractivity contribution < 1.29 is 90.0 Å². The summed E-state index contributed by atoms with van der Waals surface area (Å²) in [6, 6.07) is 70.3. The average molecular weight is 1890 g/mol. The van der Waals surface area contributed by atoms with Crippen LogP contribution in [0.5, 0.6) is 34.5 Å². The third-order valence-electron chi connectivity index (χ3n) is 20.2. The highest BCUT2D eigenvalue weighted by molar-refractivity contribution is 9.10. The maximum absolute atomic E-state index is 14.0. The Morgan fingerprint density at radius 2 is 0.530 bits per heavy atom. The molecule has 12 aromatic carbocycles. The van der Waals surface area contributed by atoms with Crippen molar-refractivity contribution in [3.05, 3.63) is 351 Å². The van der Waals surface area contributed by atoms with E-state index in [-0.39, 0.29) is 18.8 Å². The second-order valence-electron chi connectivity index (χ2n) is 30.4. The molecule has 0 radical (unpaired) electrons. The molecule has 0 bridgehead atoms. The molecule has 0 saturated carbocycles. The Labute approximate surface area is 786 Å². The third-order valence-corrected chi connectivity index (χ3v) is 21.3. The molecule has 0 fully saturated rings. The molecule has 0 aliphatic carbocycles. The van der Waals surface area contributed by atoms with Gasteiger partial charge in [-0.05, 0) is 232 Å².